The number of carbonyl (C=O) groups is 1. The monoisotopic (exact) mass is 335 g/mol. The highest BCUT2D eigenvalue weighted by atomic mass is 16.1. The predicted octanol–water partition coefficient (Wildman–Crippen LogP) is 1.78. The molecule has 1 amide bonds. The Labute approximate surface area is 146 Å². The fourth-order valence-electron chi connectivity index (χ4n) is 2.69. The standard InChI is InChI=1S/C19H21N5O/c1-24-18(9-10-22-24)15-7-8-17(21-13-15)19(25)23-16(12-20)11-14-5-3-2-4-6-14/h2-10,13,16H,11-12,20H2,1H3,(H,23,25). The Morgan fingerprint density at radius 1 is 1.20 bits per heavy atom. The van der Waals surface area contributed by atoms with E-state index in [1.165, 1.54) is 0 Å². The first kappa shape index (κ1) is 16.9. The number of hydrogen-bond acceptors (Lipinski definition) is 4. The van der Waals surface area contributed by atoms with E-state index in [9.17, 15) is 4.79 Å². The molecule has 0 saturated heterocycles. The number of pyridine rings is 1. The minimum Gasteiger partial charge on any atom is -0.346 e. The number of nitrogens with one attached hydrogen (secondary N) is 1. The van der Waals surface area contributed by atoms with Gasteiger partial charge in [-0.1, -0.05) is 30.3 Å². The number of aryl methyl sites for hydroxylation is 1. The van der Waals surface area contributed by atoms with Crippen LogP contribution in [0, 0.1) is 0 Å². The quantitative estimate of drug-likeness (QED) is 0.719. The molecule has 0 fully saturated rings. The van der Waals surface area contributed by atoms with Crippen LogP contribution in [-0.4, -0.2) is 33.3 Å². The summed E-state index contributed by atoms with van der Waals surface area (Å²) in [6.45, 7) is 0.369. The fraction of sp³-hybridized carbons (Fsp3) is 0.211. The second kappa shape index (κ2) is 7.72. The molecule has 0 aliphatic carbocycles. The van der Waals surface area contributed by atoms with Crippen LogP contribution in [-0.2, 0) is 13.5 Å². The molecular formula is C19H21N5O. The lowest BCUT2D eigenvalue weighted by Gasteiger charge is -2.16. The van der Waals surface area contributed by atoms with E-state index in [1.54, 1.807) is 23.1 Å². The maximum Gasteiger partial charge on any atom is 0.270 e. The Kier molecular flexibility index (Phi) is 5.20. The minimum absolute atomic E-state index is 0.131. The largest absolute Gasteiger partial charge is 0.346 e. The third-order valence-electron chi connectivity index (χ3n) is 4.06. The summed E-state index contributed by atoms with van der Waals surface area (Å²) in [7, 11) is 1.87. The summed E-state index contributed by atoms with van der Waals surface area (Å²) in [4.78, 5) is 16.7. The molecule has 1 aromatic carbocycles. The second-order valence-corrected chi connectivity index (χ2v) is 5.87. The maximum atomic E-state index is 12.4. The SMILES string of the molecule is Cn1nccc1-c1ccc(C(=O)NC(CN)Cc2ccccc2)nc1. The van der Waals surface area contributed by atoms with Gasteiger partial charge < -0.3 is 11.1 Å². The Hall–Kier alpha value is -2.99. The number of nitrogens with two attached hydrogens (primary N) is 1. The lowest BCUT2D eigenvalue weighted by Crippen LogP contribution is -2.42. The molecule has 0 radical (unpaired) electrons. The van der Waals surface area contributed by atoms with Crippen molar-refractivity contribution in [3.8, 4) is 11.3 Å². The first-order valence-corrected chi connectivity index (χ1v) is 8.16. The number of rotatable bonds is 6. The van der Waals surface area contributed by atoms with E-state index in [0.717, 1.165) is 16.8 Å². The van der Waals surface area contributed by atoms with E-state index in [2.05, 4.69) is 15.4 Å². The van der Waals surface area contributed by atoms with Gasteiger partial charge in [-0.3, -0.25) is 14.5 Å². The lowest BCUT2D eigenvalue weighted by atomic mass is 10.1. The Morgan fingerprint density at radius 3 is 2.60 bits per heavy atom. The molecule has 128 valence electrons. The van der Waals surface area contributed by atoms with Crippen LogP contribution in [0.2, 0.25) is 0 Å². The average Bonchev–Trinajstić information content (AvgIpc) is 3.08. The van der Waals surface area contributed by atoms with Crippen molar-refractivity contribution in [3.05, 3.63) is 72.2 Å². The molecule has 0 aliphatic heterocycles. The van der Waals surface area contributed by atoms with E-state index in [4.69, 9.17) is 5.73 Å². The third-order valence-corrected chi connectivity index (χ3v) is 4.06. The zero-order valence-corrected chi connectivity index (χ0v) is 14.1. The Balaban J connectivity index is 1.67. The summed E-state index contributed by atoms with van der Waals surface area (Å²) in [6.07, 6.45) is 4.10. The molecule has 0 saturated carbocycles. The summed E-state index contributed by atoms with van der Waals surface area (Å²) in [5.74, 6) is -0.220. The summed E-state index contributed by atoms with van der Waals surface area (Å²) >= 11 is 0. The molecule has 6 heteroatoms. The summed E-state index contributed by atoms with van der Waals surface area (Å²) in [5, 5.41) is 7.09. The second-order valence-electron chi connectivity index (χ2n) is 5.87. The third kappa shape index (κ3) is 4.10. The van der Waals surface area contributed by atoms with E-state index in [-0.39, 0.29) is 11.9 Å². The molecule has 1 atom stereocenters. The number of nitrogens with zero attached hydrogens (tertiary/aromatic N) is 3. The van der Waals surface area contributed by atoms with Crippen LogP contribution >= 0.6 is 0 Å². The Bertz CT molecular complexity index is 827. The van der Waals surface area contributed by atoms with Gasteiger partial charge in [-0.2, -0.15) is 5.10 Å². The van der Waals surface area contributed by atoms with Crippen LogP contribution in [0.3, 0.4) is 0 Å². The van der Waals surface area contributed by atoms with E-state index in [1.807, 2.05) is 49.5 Å². The van der Waals surface area contributed by atoms with Crippen molar-refractivity contribution in [3.63, 3.8) is 0 Å². The summed E-state index contributed by atoms with van der Waals surface area (Å²) < 4.78 is 1.76. The van der Waals surface area contributed by atoms with Crippen LogP contribution in [0.4, 0.5) is 0 Å². The van der Waals surface area contributed by atoms with Crippen molar-refractivity contribution in [1.82, 2.24) is 20.1 Å². The van der Waals surface area contributed by atoms with Gasteiger partial charge in [-0.25, -0.2) is 0 Å². The summed E-state index contributed by atoms with van der Waals surface area (Å²) in [6, 6.07) is 15.3. The molecule has 0 aliphatic rings. The van der Waals surface area contributed by atoms with Crippen LogP contribution < -0.4 is 11.1 Å². The highest BCUT2D eigenvalue weighted by Crippen LogP contribution is 2.17. The van der Waals surface area contributed by atoms with Crippen LogP contribution in [0.25, 0.3) is 11.3 Å². The number of amides is 1. The molecular weight excluding hydrogens is 314 g/mol. The molecule has 0 bridgehead atoms. The van der Waals surface area contributed by atoms with Gasteiger partial charge in [0.15, 0.2) is 0 Å². The van der Waals surface area contributed by atoms with Gasteiger partial charge in [0.25, 0.3) is 5.91 Å². The normalized spacial score (nSPS) is 11.9. The van der Waals surface area contributed by atoms with Gasteiger partial charge in [-0.05, 0) is 30.2 Å². The zero-order valence-electron chi connectivity index (χ0n) is 14.1. The summed E-state index contributed by atoms with van der Waals surface area (Å²) in [5.41, 5.74) is 9.18. The van der Waals surface area contributed by atoms with Crippen LogP contribution in [0.15, 0.2) is 60.9 Å². The molecule has 3 N–H and O–H groups in total. The van der Waals surface area contributed by atoms with Crippen LogP contribution in [0.1, 0.15) is 16.1 Å². The van der Waals surface area contributed by atoms with Gasteiger partial charge in [0.05, 0.1) is 5.69 Å². The highest BCUT2D eigenvalue weighted by molar-refractivity contribution is 5.92. The van der Waals surface area contributed by atoms with E-state index in [0.29, 0.717) is 18.7 Å². The minimum atomic E-state index is -0.220. The molecule has 2 heterocycles. The smallest absolute Gasteiger partial charge is 0.270 e. The Morgan fingerprint density at radius 2 is 2.00 bits per heavy atom. The van der Waals surface area contributed by atoms with Crippen molar-refractivity contribution in [2.75, 3.05) is 6.54 Å². The lowest BCUT2D eigenvalue weighted by molar-refractivity contribution is 0.0933. The molecule has 2 aromatic heterocycles. The maximum absolute atomic E-state index is 12.4. The molecule has 6 nitrogen and oxygen atoms in total. The fourth-order valence-corrected chi connectivity index (χ4v) is 2.69. The molecule has 3 aromatic rings. The molecule has 3 rings (SSSR count). The number of hydrogen-bond donors (Lipinski definition) is 2. The van der Waals surface area contributed by atoms with Gasteiger partial charge in [0.2, 0.25) is 0 Å². The number of aromatic nitrogens is 3. The topological polar surface area (TPSA) is 85.8 Å². The average molecular weight is 335 g/mol. The predicted molar refractivity (Wildman–Crippen MR) is 96.9 cm³/mol. The van der Waals surface area contributed by atoms with Crippen LogP contribution in [0.5, 0.6) is 0 Å². The molecule has 1 unspecified atom stereocenters. The van der Waals surface area contributed by atoms with Gasteiger partial charge in [0, 0.05) is 37.6 Å². The van der Waals surface area contributed by atoms with Crippen molar-refractivity contribution in [2.45, 2.75) is 12.5 Å². The van der Waals surface area contributed by atoms with Gasteiger partial charge in [-0.15, -0.1) is 0 Å². The van der Waals surface area contributed by atoms with E-state index < -0.39 is 0 Å². The molecule has 25 heavy (non-hydrogen) atoms. The van der Waals surface area contributed by atoms with Crippen molar-refractivity contribution >= 4 is 5.91 Å². The van der Waals surface area contributed by atoms with Gasteiger partial charge in [0.1, 0.15) is 5.69 Å². The number of benzene rings is 1. The van der Waals surface area contributed by atoms with Crippen molar-refractivity contribution in [1.29, 1.82) is 0 Å². The van der Waals surface area contributed by atoms with Crippen molar-refractivity contribution in [2.24, 2.45) is 12.8 Å². The van der Waals surface area contributed by atoms with Gasteiger partial charge >= 0.3 is 0 Å². The van der Waals surface area contributed by atoms with Crippen molar-refractivity contribution < 1.29 is 4.79 Å². The number of carbonyl (C=O) groups excluding carboxylic acids is 1. The van der Waals surface area contributed by atoms with E-state index >= 15 is 0 Å². The highest BCUT2D eigenvalue weighted by Gasteiger charge is 2.14. The first-order valence-electron chi connectivity index (χ1n) is 8.16. The zero-order chi connectivity index (χ0) is 17.6. The first-order chi connectivity index (χ1) is 12.2. The molecule has 0 spiro atoms.